The number of aromatic hydroxyl groups is 2. The van der Waals surface area contributed by atoms with Crippen LogP contribution in [-0.4, -0.2) is 48.0 Å². The number of benzene rings is 4. The normalized spacial score (nSPS) is 12.8. The van der Waals surface area contributed by atoms with Crippen LogP contribution in [-0.2, 0) is 15.6 Å². The number of ether oxygens (including phenoxy) is 2. The zero-order chi connectivity index (χ0) is 37.9. The summed E-state index contributed by atoms with van der Waals surface area (Å²) < 4.78 is 174. The second-order valence-electron chi connectivity index (χ2n) is 10.4. The monoisotopic (exact) mass is 728 g/mol. The number of rotatable bonds is 6. The molecule has 17 heteroatoms. The lowest BCUT2D eigenvalue weighted by molar-refractivity contribution is -0.290. The first kappa shape index (κ1) is 39.3. The molecule has 0 atom stereocenters. The van der Waals surface area contributed by atoms with Gasteiger partial charge in [-0.1, -0.05) is 48.5 Å². The summed E-state index contributed by atoms with van der Waals surface area (Å²) in [6, 6.07) is 11.8. The zero-order valence-corrected chi connectivity index (χ0v) is 25.4. The number of phenols is 2. The molecule has 2 N–H and O–H groups in total. The van der Waals surface area contributed by atoms with Crippen molar-refractivity contribution in [2.45, 2.75) is 42.5 Å². The quantitative estimate of drug-likeness (QED) is 0.118. The van der Waals surface area contributed by atoms with E-state index in [2.05, 4.69) is 4.74 Å². The fraction of sp³-hybridized carbons (Fsp3) is 0.242. The fourth-order valence-corrected chi connectivity index (χ4v) is 5.17. The van der Waals surface area contributed by atoms with Crippen molar-refractivity contribution in [3.8, 4) is 23.0 Å². The summed E-state index contributed by atoms with van der Waals surface area (Å²) >= 11 is 0. The van der Waals surface area contributed by atoms with Crippen LogP contribution in [0.1, 0.15) is 29.2 Å². The third-order valence-corrected chi connectivity index (χ3v) is 7.37. The topological polar surface area (TPSA) is 76.0 Å². The van der Waals surface area contributed by atoms with Crippen LogP contribution in [0.15, 0.2) is 97.1 Å². The summed E-state index contributed by atoms with van der Waals surface area (Å²) in [5.41, 5.74) is -12.8. The van der Waals surface area contributed by atoms with Crippen molar-refractivity contribution in [2.75, 3.05) is 7.11 Å². The number of halogens is 12. The number of hydrogen-bond acceptors (Lipinski definition) is 5. The molecular formula is C33H24F12O5. The van der Waals surface area contributed by atoms with Crippen molar-refractivity contribution >= 4 is 5.97 Å². The molecule has 0 fully saturated rings. The molecule has 50 heavy (non-hydrogen) atoms. The van der Waals surface area contributed by atoms with Gasteiger partial charge < -0.3 is 19.7 Å². The molecule has 0 saturated carbocycles. The van der Waals surface area contributed by atoms with Gasteiger partial charge in [0.25, 0.3) is 0 Å². The first-order valence-electron chi connectivity index (χ1n) is 13.7. The highest BCUT2D eigenvalue weighted by Gasteiger charge is 2.73. The Morgan fingerprint density at radius 1 is 0.460 bits per heavy atom. The Hall–Kier alpha value is -5.09. The standard InChI is InChI=1S/C18H14F6O3.C15H10F6O2/c1-11(25)27-15-9-5-13(6-10-15)16(17(19,20)21,18(22,23)24)12-3-7-14(26-2)8-4-12;16-14(17,18)13(15(19,20)21,9-1-5-11(22)6-2-9)10-3-7-12(23)8-4-10/h3-10H,1-2H3;1-8,22-23H. The van der Waals surface area contributed by atoms with E-state index in [1.54, 1.807) is 0 Å². The average molecular weight is 729 g/mol. The van der Waals surface area contributed by atoms with Gasteiger partial charge >= 0.3 is 30.7 Å². The molecule has 0 aliphatic rings. The van der Waals surface area contributed by atoms with Gasteiger partial charge in [0.2, 0.25) is 10.8 Å². The lowest BCUT2D eigenvalue weighted by Crippen LogP contribution is -2.54. The summed E-state index contributed by atoms with van der Waals surface area (Å²) in [6.07, 6.45) is -22.8. The molecule has 0 heterocycles. The third kappa shape index (κ3) is 7.40. The first-order valence-corrected chi connectivity index (χ1v) is 13.7. The molecule has 0 radical (unpaired) electrons. The van der Waals surface area contributed by atoms with Crippen LogP contribution in [0, 0.1) is 0 Å². The van der Waals surface area contributed by atoms with Gasteiger partial charge in [0, 0.05) is 6.92 Å². The van der Waals surface area contributed by atoms with E-state index in [0.29, 0.717) is 36.4 Å². The van der Waals surface area contributed by atoms with Crippen LogP contribution in [0.3, 0.4) is 0 Å². The highest BCUT2D eigenvalue weighted by molar-refractivity contribution is 5.69. The van der Waals surface area contributed by atoms with Crippen molar-refractivity contribution in [1.82, 2.24) is 0 Å². The van der Waals surface area contributed by atoms with Crippen molar-refractivity contribution < 1.29 is 77.2 Å². The average Bonchev–Trinajstić information content (AvgIpc) is 2.98. The van der Waals surface area contributed by atoms with Crippen LogP contribution in [0.4, 0.5) is 52.7 Å². The highest BCUT2D eigenvalue weighted by Crippen LogP contribution is 2.57. The summed E-state index contributed by atoms with van der Waals surface area (Å²) in [5.74, 6) is -1.73. The number of hydrogen-bond donors (Lipinski definition) is 2. The largest absolute Gasteiger partial charge is 0.508 e. The van der Waals surface area contributed by atoms with Crippen LogP contribution in [0.25, 0.3) is 0 Å². The van der Waals surface area contributed by atoms with Gasteiger partial charge in [-0.05, 0) is 70.8 Å². The molecule has 4 aromatic rings. The molecule has 4 rings (SSSR count). The van der Waals surface area contributed by atoms with E-state index < -0.39 is 75.3 Å². The third-order valence-electron chi connectivity index (χ3n) is 7.37. The number of carbonyl (C=O) groups is 1. The van der Waals surface area contributed by atoms with Crippen LogP contribution in [0.2, 0.25) is 0 Å². The second kappa shape index (κ2) is 14.0. The summed E-state index contributed by atoms with van der Waals surface area (Å²) in [7, 11) is 1.24. The van der Waals surface area contributed by atoms with Gasteiger partial charge in [0.1, 0.15) is 23.0 Å². The molecule has 0 aliphatic heterocycles. The number of carbonyl (C=O) groups excluding carboxylic acids is 1. The predicted octanol–water partition coefficient (Wildman–Crippen LogP) is 9.54. The lowest BCUT2D eigenvalue weighted by Gasteiger charge is -2.38. The summed E-state index contributed by atoms with van der Waals surface area (Å²) in [4.78, 5) is 10.9. The Bertz CT molecular complexity index is 1650. The number of methoxy groups -OCH3 is 1. The molecular weight excluding hydrogens is 704 g/mol. The van der Waals surface area contributed by atoms with E-state index in [1.165, 1.54) is 7.11 Å². The number of phenolic OH excluding ortho intramolecular Hbond substituents is 2. The van der Waals surface area contributed by atoms with E-state index in [1.807, 2.05) is 0 Å². The zero-order valence-electron chi connectivity index (χ0n) is 25.4. The van der Waals surface area contributed by atoms with E-state index in [9.17, 15) is 57.5 Å². The maximum absolute atomic E-state index is 13.9. The summed E-state index contributed by atoms with van der Waals surface area (Å²) in [6.45, 7) is 1.06. The van der Waals surface area contributed by atoms with Gasteiger partial charge in [-0.15, -0.1) is 0 Å². The van der Waals surface area contributed by atoms with Gasteiger partial charge in [-0.2, -0.15) is 52.7 Å². The van der Waals surface area contributed by atoms with E-state index >= 15 is 0 Å². The smallest absolute Gasteiger partial charge is 0.411 e. The molecule has 4 aromatic carbocycles. The molecule has 0 bridgehead atoms. The minimum atomic E-state index is -5.70. The van der Waals surface area contributed by atoms with Gasteiger partial charge in [0.15, 0.2) is 0 Å². The van der Waals surface area contributed by atoms with Crippen molar-refractivity contribution in [3.05, 3.63) is 119 Å². The molecule has 0 unspecified atom stereocenters. The maximum Gasteiger partial charge on any atom is 0.411 e. The van der Waals surface area contributed by atoms with Gasteiger partial charge in [0.05, 0.1) is 7.11 Å². The fourth-order valence-electron chi connectivity index (χ4n) is 5.17. The van der Waals surface area contributed by atoms with Crippen LogP contribution in [0.5, 0.6) is 23.0 Å². The molecule has 0 amide bonds. The van der Waals surface area contributed by atoms with E-state index in [0.717, 1.165) is 67.6 Å². The SMILES string of the molecule is COc1ccc(C(c2ccc(OC(C)=O)cc2)(C(F)(F)F)C(F)(F)F)cc1.Oc1ccc(C(c2ccc(O)cc2)(C(F)(F)F)C(F)(F)F)cc1. The van der Waals surface area contributed by atoms with Gasteiger partial charge in [-0.25, -0.2) is 0 Å². The first-order chi connectivity index (χ1) is 22.9. The van der Waals surface area contributed by atoms with Crippen molar-refractivity contribution in [1.29, 1.82) is 0 Å². The highest BCUT2D eigenvalue weighted by atomic mass is 19.4. The maximum atomic E-state index is 13.9. The predicted molar refractivity (Wildman–Crippen MR) is 153 cm³/mol. The van der Waals surface area contributed by atoms with Crippen LogP contribution < -0.4 is 9.47 Å². The molecule has 0 saturated heterocycles. The second-order valence-corrected chi connectivity index (χ2v) is 10.4. The van der Waals surface area contributed by atoms with E-state index in [-0.39, 0.29) is 11.5 Å². The minimum Gasteiger partial charge on any atom is -0.508 e. The Morgan fingerprint density at radius 2 is 0.700 bits per heavy atom. The summed E-state index contributed by atoms with van der Waals surface area (Å²) in [5, 5.41) is 18.3. The number of esters is 1. The Morgan fingerprint density at radius 3 is 0.920 bits per heavy atom. The van der Waals surface area contributed by atoms with Crippen LogP contribution >= 0.6 is 0 Å². The van der Waals surface area contributed by atoms with Crippen molar-refractivity contribution in [3.63, 3.8) is 0 Å². The molecule has 0 aromatic heterocycles. The van der Waals surface area contributed by atoms with Crippen molar-refractivity contribution in [2.24, 2.45) is 0 Å². The lowest BCUT2D eigenvalue weighted by atomic mass is 9.73. The molecule has 270 valence electrons. The van der Waals surface area contributed by atoms with Gasteiger partial charge in [-0.3, -0.25) is 4.79 Å². The Kier molecular flexibility index (Phi) is 11.0. The Balaban J connectivity index is 0.000000274. The molecule has 5 nitrogen and oxygen atoms in total. The molecule has 0 aliphatic carbocycles. The number of alkyl halides is 12. The molecule has 0 spiro atoms. The van der Waals surface area contributed by atoms with E-state index in [4.69, 9.17) is 14.9 Å². The Labute approximate surface area is 275 Å². The minimum absolute atomic E-state index is 0.113.